The molecule has 0 fully saturated rings. The van der Waals surface area contributed by atoms with Gasteiger partial charge in [0.1, 0.15) is 4.53 Å². The third-order valence-electron chi connectivity index (χ3n) is 6.55. The number of fused-ring (bicyclic) bond motifs is 2. The standard InChI is InChI=1S/C27H25BrN4O4S/c1-6-36-26(35)20-14(2)29-27-32(22(20)15-7-10-17(11-8-15)30(3)4)25(34)23(37-27)21-18-13-16(28)9-12-19(18)31(5)24(21)33/h7-13,22H,6H2,1-5H3/b23-21-/t22-/m0/s1. The molecule has 0 unspecified atom stereocenters. The van der Waals surface area contributed by atoms with Crippen LogP contribution < -0.4 is 24.7 Å². The zero-order valence-electron chi connectivity index (χ0n) is 21.0. The summed E-state index contributed by atoms with van der Waals surface area (Å²) in [6.07, 6.45) is 0. The molecule has 0 N–H and O–H groups in total. The lowest BCUT2D eigenvalue weighted by Crippen LogP contribution is -2.40. The Balaban J connectivity index is 1.81. The first-order valence-corrected chi connectivity index (χ1v) is 13.3. The van der Waals surface area contributed by atoms with Crippen molar-refractivity contribution in [2.75, 3.05) is 37.5 Å². The molecule has 3 aromatic rings. The van der Waals surface area contributed by atoms with Crippen LogP contribution in [0, 0.1) is 0 Å². The second kappa shape index (κ2) is 9.42. The number of halogens is 1. The van der Waals surface area contributed by atoms with E-state index in [0.717, 1.165) is 32.7 Å². The first kappa shape index (κ1) is 25.2. The molecule has 0 bridgehead atoms. The number of hydrogen-bond donors (Lipinski definition) is 0. The number of hydrogen-bond acceptors (Lipinski definition) is 7. The van der Waals surface area contributed by atoms with E-state index in [0.29, 0.717) is 31.7 Å². The second-order valence-corrected chi connectivity index (χ2v) is 10.9. The van der Waals surface area contributed by atoms with E-state index in [1.54, 1.807) is 25.8 Å². The van der Waals surface area contributed by atoms with Crippen LogP contribution in [0.25, 0.3) is 5.57 Å². The highest BCUT2D eigenvalue weighted by atomic mass is 79.9. The number of aromatic nitrogens is 1. The molecule has 0 saturated heterocycles. The first-order chi connectivity index (χ1) is 17.6. The number of nitrogens with zero attached hydrogens (tertiary/aromatic N) is 4. The molecular weight excluding hydrogens is 556 g/mol. The van der Waals surface area contributed by atoms with Gasteiger partial charge in [0.15, 0.2) is 4.80 Å². The molecule has 2 aromatic carbocycles. The van der Waals surface area contributed by atoms with Crippen molar-refractivity contribution >= 4 is 56.1 Å². The van der Waals surface area contributed by atoms with Gasteiger partial charge in [0, 0.05) is 36.9 Å². The summed E-state index contributed by atoms with van der Waals surface area (Å²) in [5.41, 5.74) is 3.90. The summed E-state index contributed by atoms with van der Waals surface area (Å²) in [6.45, 7) is 3.68. The second-order valence-electron chi connectivity index (χ2n) is 9.01. The lowest BCUT2D eigenvalue weighted by molar-refractivity contribution is -0.139. The number of esters is 1. The first-order valence-electron chi connectivity index (χ1n) is 11.7. The molecule has 8 nitrogen and oxygen atoms in total. The number of amides is 1. The van der Waals surface area contributed by atoms with Crippen LogP contribution in [0.1, 0.15) is 31.0 Å². The van der Waals surface area contributed by atoms with E-state index in [9.17, 15) is 14.4 Å². The van der Waals surface area contributed by atoms with Crippen molar-refractivity contribution in [3.63, 3.8) is 0 Å². The van der Waals surface area contributed by atoms with Crippen LogP contribution in [-0.4, -0.2) is 44.2 Å². The van der Waals surface area contributed by atoms with E-state index in [4.69, 9.17) is 4.74 Å². The number of allylic oxidation sites excluding steroid dienone is 1. The van der Waals surface area contributed by atoms with Gasteiger partial charge in [0.2, 0.25) is 0 Å². The number of carbonyl (C=O) groups is 2. The molecule has 0 aliphatic carbocycles. The van der Waals surface area contributed by atoms with Crippen LogP contribution in [0.3, 0.4) is 0 Å². The highest BCUT2D eigenvalue weighted by Gasteiger charge is 2.36. The van der Waals surface area contributed by atoms with E-state index in [1.807, 2.05) is 61.5 Å². The lowest BCUT2D eigenvalue weighted by atomic mass is 9.95. The molecule has 0 spiro atoms. The summed E-state index contributed by atoms with van der Waals surface area (Å²) in [4.78, 5) is 49.1. The number of carbonyl (C=O) groups excluding carboxylic acids is 2. The minimum atomic E-state index is -0.739. The Hall–Kier alpha value is -3.50. The van der Waals surface area contributed by atoms with Gasteiger partial charge in [-0.05, 0) is 49.7 Å². The molecule has 0 radical (unpaired) electrons. The van der Waals surface area contributed by atoms with E-state index in [2.05, 4.69) is 20.9 Å². The fourth-order valence-electron chi connectivity index (χ4n) is 4.72. The molecule has 1 amide bonds. The van der Waals surface area contributed by atoms with Gasteiger partial charge in [-0.15, -0.1) is 0 Å². The molecule has 5 rings (SSSR count). The third kappa shape index (κ3) is 4.04. The van der Waals surface area contributed by atoms with Gasteiger partial charge >= 0.3 is 5.97 Å². The van der Waals surface area contributed by atoms with E-state index >= 15 is 0 Å². The van der Waals surface area contributed by atoms with E-state index in [1.165, 1.54) is 4.57 Å². The Bertz CT molecular complexity index is 1670. The predicted molar refractivity (Wildman–Crippen MR) is 148 cm³/mol. The van der Waals surface area contributed by atoms with Crippen LogP contribution in [0.2, 0.25) is 0 Å². The zero-order chi connectivity index (χ0) is 26.6. The maximum absolute atomic E-state index is 14.1. The van der Waals surface area contributed by atoms with Crippen molar-refractivity contribution < 1.29 is 14.3 Å². The van der Waals surface area contributed by atoms with Crippen molar-refractivity contribution in [1.82, 2.24) is 4.57 Å². The Labute approximate surface area is 225 Å². The summed E-state index contributed by atoms with van der Waals surface area (Å²) >= 11 is 4.64. The highest BCUT2D eigenvalue weighted by Crippen LogP contribution is 2.36. The monoisotopic (exact) mass is 580 g/mol. The SMILES string of the molecule is CCOC(=O)C1=C(C)N=c2s/c(=C3\C(=O)N(C)c4ccc(Br)cc43)c(=O)n2[C@H]1c1ccc(N(C)C)cc1. The van der Waals surface area contributed by atoms with Crippen molar-refractivity contribution in [2.45, 2.75) is 19.9 Å². The molecule has 3 heterocycles. The smallest absolute Gasteiger partial charge is 0.338 e. The molecule has 10 heteroatoms. The minimum absolute atomic E-state index is 0.197. The summed E-state index contributed by atoms with van der Waals surface area (Å²) in [5.74, 6) is -0.777. The largest absolute Gasteiger partial charge is 0.463 e. The van der Waals surface area contributed by atoms with Crippen molar-refractivity contribution in [2.24, 2.45) is 4.99 Å². The number of thiazole rings is 1. The quantitative estimate of drug-likeness (QED) is 0.443. The van der Waals surface area contributed by atoms with E-state index in [-0.39, 0.29) is 18.1 Å². The number of likely N-dealkylation sites (N-methyl/N-ethyl adjacent to an activating group) is 1. The molecule has 2 aliphatic heterocycles. The van der Waals surface area contributed by atoms with Gasteiger partial charge in [-0.3, -0.25) is 14.2 Å². The van der Waals surface area contributed by atoms with Gasteiger partial charge in [-0.1, -0.05) is 39.4 Å². The maximum Gasteiger partial charge on any atom is 0.338 e. The summed E-state index contributed by atoms with van der Waals surface area (Å²) in [7, 11) is 5.58. The molecular formula is C27H25BrN4O4S. The predicted octanol–water partition coefficient (Wildman–Crippen LogP) is 2.97. The third-order valence-corrected chi connectivity index (χ3v) is 8.10. The normalized spacial score (nSPS) is 17.9. The topological polar surface area (TPSA) is 84.2 Å². The maximum atomic E-state index is 14.1. The Morgan fingerprint density at radius 3 is 2.51 bits per heavy atom. The summed E-state index contributed by atoms with van der Waals surface area (Å²) in [5, 5.41) is 0. The summed E-state index contributed by atoms with van der Waals surface area (Å²) in [6, 6.07) is 12.5. The molecule has 1 aromatic heterocycles. The van der Waals surface area contributed by atoms with Gasteiger partial charge in [0.05, 0.1) is 35.2 Å². The molecule has 1 atom stereocenters. The van der Waals surface area contributed by atoms with Crippen LogP contribution in [-0.2, 0) is 14.3 Å². The Kier molecular flexibility index (Phi) is 6.41. The van der Waals surface area contributed by atoms with Crippen molar-refractivity contribution in [1.29, 1.82) is 0 Å². The van der Waals surface area contributed by atoms with Crippen molar-refractivity contribution in [3.05, 3.63) is 89.0 Å². The number of rotatable bonds is 4. The average molecular weight is 581 g/mol. The molecule has 37 heavy (non-hydrogen) atoms. The Morgan fingerprint density at radius 1 is 1.16 bits per heavy atom. The van der Waals surface area contributed by atoms with Gasteiger partial charge in [0.25, 0.3) is 11.5 Å². The molecule has 2 aliphatic rings. The highest BCUT2D eigenvalue weighted by molar-refractivity contribution is 9.10. The van der Waals surface area contributed by atoms with Gasteiger partial charge < -0.3 is 14.5 Å². The van der Waals surface area contributed by atoms with Crippen LogP contribution in [0.15, 0.2) is 68.0 Å². The summed E-state index contributed by atoms with van der Waals surface area (Å²) < 4.78 is 7.98. The van der Waals surface area contributed by atoms with Gasteiger partial charge in [-0.2, -0.15) is 0 Å². The molecule has 190 valence electrons. The van der Waals surface area contributed by atoms with Crippen LogP contribution in [0.5, 0.6) is 0 Å². The van der Waals surface area contributed by atoms with Gasteiger partial charge in [-0.25, -0.2) is 9.79 Å². The molecule has 0 saturated carbocycles. The number of benzene rings is 2. The van der Waals surface area contributed by atoms with Crippen molar-refractivity contribution in [3.8, 4) is 0 Å². The fraction of sp³-hybridized carbons (Fsp3) is 0.259. The zero-order valence-corrected chi connectivity index (χ0v) is 23.4. The van der Waals surface area contributed by atoms with E-state index < -0.39 is 12.0 Å². The van der Waals surface area contributed by atoms with Crippen LogP contribution >= 0.6 is 27.3 Å². The minimum Gasteiger partial charge on any atom is -0.463 e. The average Bonchev–Trinajstić information content (AvgIpc) is 3.30. The number of ether oxygens (including phenoxy) is 1. The lowest BCUT2D eigenvalue weighted by Gasteiger charge is -2.25. The van der Waals surface area contributed by atoms with Crippen LogP contribution in [0.4, 0.5) is 11.4 Å². The Morgan fingerprint density at radius 2 is 1.86 bits per heavy atom. The number of anilines is 2. The fourth-order valence-corrected chi connectivity index (χ4v) is 6.22.